The Kier molecular flexibility index (Phi) is 7.34. The molecule has 90 valence electrons. The van der Waals surface area contributed by atoms with Crippen molar-refractivity contribution in [1.82, 2.24) is 10.2 Å². The van der Waals surface area contributed by atoms with Crippen molar-refractivity contribution in [3.8, 4) is 0 Å². The van der Waals surface area contributed by atoms with Crippen molar-refractivity contribution in [2.75, 3.05) is 27.2 Å². The van der Waals surface area contributed by atoms with E-state index in [1.165, 1.54) is 0 Å². The molecule has 0 aliphatic rings. The molecule has 15 heavy (non-hydrogen) atoms. The van der Waals surface area contributed by atoms with E-state index in [-0.39, 0.29) is 18.6 Å². The summed E-state index contributed by atoms with van der Waals surface area (Å²) in [7, 11) is 3.51. The largest absolute Gasteiger partial charge is 0.396 e. The first-order valence-electron chi connectivity index (χ1n) is 5.58. The SMILES string of the molecule is CCC(CCO)CNC(C)C(=O)N(C)C. The molecule has 4 heteroatoms. The first-order chi connectivity index (χ1) is 7.02. The maximum atomic E-state index is 11.5. The third-order valence-electron chi connectivity index (χ3n) is 2.64. The summed E-state index contributed by atoms with van der Waals surface area (Å²) in [5.74, 6) is 0.543. The highest BCUT2D eigenvalue weighted by molar-refractivity contribution is 5.80. The van der Waals surface area contributed by atoms with Gasteiger partial charge < -0.3 is 15.3 Å². The lowest BCUT2D eigenvalue weighted by molar-refractivity contribution is -0.130. The monoisotopic (exact) mass is 216 g/mol. The smallest absolute Gasteiger partial charge is 0.238 e. The molecule has 0 aromatic carbocycles. The maximum Gasteiger partial charge on any atom is 0.238 e. The Hall–Kier alpha value is -0.610. The van der Waals surface area contributed by atoms with Crippen LogP contribution in [0.1, 0.15) is 26.7 Å². The van der Waals surface area contributed by atoms with Gasteiger partial charge in [0, 0.05) is 20.7 Å². The molecule has 0 radical (unpaired) electrons. The Morgan fingerprint density at radius 1 is 1.47 bits per heavy atom. The van der Waals surface area contributed by atoms with Gasteiger partial charge in [-0.15, -0.1) is 0 Å². The summed E-state index contributed by atoms with van der Waals surface area (Å²) in [5.41, 5.74) is 0. The van der Waals surface area contributed by atoms with Crippen molar-refractivity contribution in [3.05, 3.63) is 0 Å². The molecule has 1 amide bonds. The van der Waals surface area contributed by atoms with Crippen molar-refractivity contribution in [3.63, 3.8) is 0 Å². The Balaban J connectivity index is 3.87. The Bertz CT molecular complexity index is 183. The van der Waals surface area contributed by atoms with E-state index in [0.717, 1.165) is 19.4 Å². The average molecular weight is 216 g/mol. The summed E-state index contributed by atoms with van der Waals surface area (Å²) in [5, 5.41) is 12.0. The average Bonchev–Trinajstić information content (AvgIpc) is 2.22. The third kappa shape index (κ3) is 5.74. The zero-order valence-corrected chi connectivity index (χ0v) is 10.3. The summed E-state index contributed by atoms with van der Waals surface area (Å²) in [6.07, 6.45) is 1.82. The van der Waals surface area contributed by atoms with Gasteiger partial charge in [0.15, 0.2) is 0 Å². The van der Waals surface area contributed by atoms with Crippen molar-refractivity contribution < 1.29 is 9.90 Å². The van der Waals surface area contributed by atoms with E-state index in [2.05, 4.69) is 12.2 Å². The van der Waals surface area contributed by atoms with E-state index in [9.17, 15) is 4.79 Å². The number of carbonyl (C=O) groups excluding carboxylic acids is 1. The van der Waals surface area contributed by atoms with Crippen molar-refractivity contribution in [1.29, 1.82) is 0 Å². The van der Waals surface area contributed by atoms with Gasteiger partial charge in [-0.1, -0.05) is 13.3 Å². The molecular formula is C11H24N2O2. The second kappa shape index (κ2) is 7.65. The molecule has 0 fully saturated rings. The number of hydrogen-bond acceptors (Lipinski definition) is 3. The van der Waals surface area contributed by atoms with E-state index in [1.54, 1.807) is 19.0 Å². The summed E-state index contributed by atoms with van der Waals surface area (Å²) in [4.78, 5) is 13.1. The molecule has 2 atom stereocenters. The van der Waals surface area contributed by atoms with E-state index in [1.807, 2.05) is 6.92 Å². The Morgan fingerprint density at radius 3 is 2.47 bits per heavy atom. The van der Waals surface area contributed by atoms with E-state index < -0.39 is 0 Å². The van der Waals surface area contributed by atoms with Crippen LogP contribution >= 0.6 is 0 Å². The van der Waals surface area contributed by atoms with E-state index in [4.69, 9.17) is 5.11 Å². The molecule has 2 N–H and O–H groups in total. The van der Waals surface area contributed by atoms with Crippen LogP contribution in [0.2, 0.25) is 0 Å². The van der Waals surface area contributed by atoms with E-state index in [0.29, 0.717) is 5.92 Å². The van der Waals surface area contributed by atoms with Gasteiger partial charge in [0.05, 0.1) is 6.04 Å². The molecule has 0 saturated heterocycles. The second-order valence-electron chi connectivity index (χ2n) is 4.15. The fourth-order valence-electron chi connectivity index (χ4n) is 1.45. The molecule has 0 aliphatic heterocycles. The van der Waals surface area contributed by atoms with Crippen molar-refractivity contribution in [2.45, 2.75) is 32.7 Å². The number of aliphatic hydroxyl groups excluding tert-OH is 1. The quantitative estimate of drug-likeness (QED) is 0.650. The first kappa shape index (κ1) is 14.4. The van der Waals surface area contributed by atoms with Gasteiger partial charge in [-0.05, 0) is 25.8 Å². The fourth-order valence-corrected chi connectivity index (χ4v) is 1.45. The molecule has 0 aliphatic carbocycles. The summed E-state index contributed by atoms with van der Waals surface area (Å²) in [6.45, 7) is 4.97. The lowest BCUT2D eigenvalue weighted by Crippen LogP contribution is -2.43. The topological polar surface area (TPSA) is 52.6 Å². The molecule has 0 rings (SSSR count). The summed E-state index contributed by atoms with van der Waals surface area (Å²) in [6, 6.07) is -0.146. The number of hydrogen-bond donors (Lipinski definition) is 2. The van der Waals surface area contributed by atoms with Crippen LogP contribution in [0.4, 0.5) is 0 Å². The normalized spacial score (nSPS) is 14.7. The van der Waals surface area contributed by atoms with Gasteiger partial charge in [-0.25, -0.2) is 0 Å². The molecule has 4 nitrogen and oxygen atoms in total. The molecule has 0 spiro atoms. The zero-order chi connectivity index (χ0) is 11.8. The lowest BCUT2D eigenvalue weighted by Gasteiger charge is -2.21. The zero-order valence-electron chi connectivity index (χ0n) is 10.3. The maximum absolute atomic E-state index is 11.5. The molecule has 0 bridgehead atoms. The highest BCUT2D eigenvalue weighted by atomic mass is 16.3. The lowest BCUT2D eigenvalue weighted by atomic mass is 10.0. The van der Waals surface area contributed by atoms with Gasteiger partial charge in [-0.3, -0.25) is 4.79 Å². The van der Waals surface area contributed by atoms with Crippen LogP contribution in [0.15, 0.2) is 0 Å². The molecule has 0 aromatic rings. The van der Waals surface area contributed by atoms with Gasteiger partial charge in [-0.2, -0.15) is 0 Å². The van der Waals surface area contributed by atoms with E-state index >= 15 is 0 Å². The summed E-state index contributed by atoms with van der Waals surface area (Å²) >= 11 is 0. The Morgan fingerprint density at radius 2 is 2.07 bits per heavy atom. The molecule has 0 aromatic heterocycles. The van der Waals surface area contributed by atoms with Crippen LogP contribution in [-0.2, 0) is 4.79 Å². The number of rotatable bonds is 7. The Labute approximate surface area is 92.7 Å². The number of nitrogens with one attached hydrogen (secondary N) is 1. The first-order valence-corrected chi connectivity index (χ1v) is 5.58. The van der Waals surface area contributed by atoms with Crippen LogP contribution in [0.5, 0.6) is 0 Å². The minimum absolute atomic E-state index is 0.0915. The minimum Gasteiger partial charge on any atom is -0.396 e. The third-order valence-corrected chi connectivity index (χ3v) is 2.64. The van der Waals surface area contributed by atoms with Crippen LogP contribution < -0.4 is 5.32 Å². The highest BCUT2D eigenvalue weighted by Gasteiger charge is 2.15. The number of amides is 1. The van der Waals surface area contributed by atoms with Gasteiger partial charge in [0.1, 0.15) is 0 Å². The summed E-state index contributed by atoms with van der Waals surface area (Å²) < 4.78 is 0. The number of nitrogens with zero attached hydrogens (tertiary/aromatic N) is 1. The predicted octanol–water partition coefficient (Wildman–Crippen LogP) is 0.461. The minimum atomic E-state index is -0.146. The van der Waals surface area contributed by atoms with Crippen LogP contribution in [0.3, 0.4) is 0 Å². The number of likely N-dealkylation sites (N-methyl/N-ethyl adjacent to an activating group) is 1. The number of aliphatic hydroxyl groups is 1. The predicted molar refractivity (Wildman–Crippen MR) is 61.6 cm³/mol. The standard InChI is InChI=1S/C11H24N2O2/c1-5-10(6-7-14)8-12-9(2)11(15)13(3)4/h9-10,12,14H,5-8H2,1-4H3. The van der Waals surface area contributed by atoms with Gasteiger partial charge >= 0.3 is 0 Å². The van der Waals surface area contributed by atoms with Gasteiger partial charge in [0.2, 0.25) is 5.91 Å². The van der Waals surface area contributed by atoms with Gasteiger partial charge in [0.25, 0.3) is 0 Å². The van der Waals surface area contributed by atoms with Crippen LogP contribution in [0.25, 0.3) is 0 Å². The number of carbonyl (C=O) groups is 1. The molecule has 2 unspecified atom stereocenters. The highest BCUT2D eigenvalue weighted by Crippen LogP contribution is 2.06. The van der Waals surface area contributed by atoms with Crippen LogP contribution in [-0.4, -0.2) is 49.2 Å². The van der Waals surface area contributed by atoms with Crippen LogP contribution in [0, 0.1) is 5.92 Å². The van der Waals surface area contributed by atoms with Crippen molar-refractivity contribution >= 4 is 5.91 Å². The molecular weight excluding hydrogens is 192 g/mol. The molecule has 0 saturated carbocycles. The van der Waals surface area contributed by atoms with Crippen molar-refractivity contribution in [2.24, 2.45) is 5.92 Å². The molecule has 0 heterocycles. The fraction of sp³-hybridized carbons (Fsp3) is 0.909. The second-order valence-corrected chi connectivity index (χ2v) is 4.15.